The molecule has 1 atom stereocenters. The van der Waals surface area contributed by atoms with Gasteiger partial charge >= 0.3 is 0 Å². The average molecular weight is 322 g/mol. The lowest BCUT2D eigenvalue weighted by Crippen LogP contribution is -2.34. The van der Waals surface area contributed by atoms with Crippen LogP contribution in [-0.2, 0) is 7.05 Å². The highest BCUT2D eigenvalue weighted by atomic mass is 79.9. The van der Waals surface area contributed by atoms with Gasteiger partial charge in [-0.15, -0.1) is 10.2 Å². The highest BCUT2D eigenvalue weighted by Gasteiger charge is 2.37. The molecule has 3 rings (SSSR count). The van der Waals surface area contributed by atoms with Crippen molar-refractivity contribution in [3.63, 3.8) is 0 Å². The summed E-state index contributed by atoms with van der Waals surface area (Å²) in [6.07, 6.45) is 3.25. The van der Waals surface area contributed by atoms with E-state index in [0.29, 0.717) is 5.92 Å². The number of halogens is 1. The Morgan fingerprint density at radius 3 is 2.79 bits per heavy atom. The Labute approximate surface area is 120 Å². The number of aliphatic hydroxyl groups excluding tert-OH is 1. The fourth-order valence-corrected chi connectivity index (χ4v) is 3.22. The van der Waals surface area contributed by atoms with Crippen molar-refractivity contribution < 1.29 is 5.11 Å². The Morgan fingerprint density at radius 2 is 2.21 bits per heavy atom. The maximum Gasteiger partial charge on any atom is 0.140 e. The van der Waals surface area contributed by atoms with Crippen molar-refractivity contribution in [3.8, 4) is 0 Å². The molecule has 0 bridgehead atoms. The SMILES string of the molecule is Cn1cnnc1C(c1cccc(Br)c1)C1CC(O)C1. The molecule has 19 heavy (non-hydrogen) atoms. The quantitative estimate of drug-likeness (QED) is 0.944. The molecule has 2 aromatic rings. The summed E-state index contributed by atoms with van der Waals surface area (Å²) in [6.45, 7) is 0. The number of aliphatic hydroxyl groups is 1. The molecule has 1 N–H and O–H groups in total. The summed E-state index contributed by atoms with van der Waals surface area (Å²) in [7, 11) is 1.97. The molecule has 0 aliphatic heterocycles. The van der Waals surface area contributed by atoms with E-state index < -0.39 is 0 Å². The van der Waals surface area contributed by atoms with E-state index in [1.165, 1.54) is 5.56 Å². The van der Waals surface area contributed by atoms with Crippen LogP contribution in [0.1, 0.15) is 30.1 Å². The van der Waals surface area contributed by atoms with Crippen molar-refractivity contribution in [3.05, 3.63) is 46.5 Å². The minimum absolute atomic E-state index is 0.159. The average Bonchev–Trinajstić information content (AvgIpc) is 2.74. The lowest BCUT2D eigenvalue weighted by molar-refractivity contribution is 0.0341. The molecule has 4 nitrogen and oxygen atoms in total. The third kappa shape index (κ3) is 2.44. The number of aryl methyl sites for hydroxylation is 1. The molecule has 1 aliphatic carbocycles. The summed E-state index contributed by atoms with van der Waals surface area (Å²) < 4.78 is 3.04. The van der Waals surface area contributed by atoms with Crippen LogP contribution in [0.25, 0.3) is 0 Å². The number of nitrogens with zero attached hydrogens (tertiary/aromatic N) is 3. The fourth-order valence-electron chi connectivity index (χ4n) is 2.81. The van der Waals surface area contributed by atoms with Crippen LogP contribution >= 0.6 is 15.9 Å². The number of benzene rings is 1. The van der Waals surface area contributed by atoms with Crippen LogP contribution in [0.4, 0.5) is 0 Å². The second-order valence-electron chi connectivity index (χ2n) is 5.22. The normalized spacial score (nSPS) is 23.9. The molecule has 1 aromatic heterocycles. The maximum atomic E-state index is 9.58. The first-order chi connectivity index (χ1) is 9.15. The highest BCUT2D eigenvalue weighted by molar-refractivity contribution is 9.10. The van der Waals surface area contributed by atoms with E-state index in [0.717, 1.165) is 23.1 Å². The Kier molecular flexibility index (Phi) is 3.41. The predicted octanol–water partition coefficient (Wildman–Crippen LogP) is 2.48. The molecule has 0 radical (unpaired) electrons. The number of hydrogen-bond donors (Lipinski definition) is 1. The van der Waals surface area contributed by atoms with Crippen molar-refractivity contribution in [2.45, 2.75) is 24.9 Å². The van der Waals surface area contributed by atoms with Crippen molar-refractivity contribution in [1.29, 1.82) is 0 Å². The molecule has 1 saturated carbocycles. The summed E-state index contributed by atoms with van der Waals surface area (Å²) >= 11 is 3.52. The lowest BCUT2D eigenvalue weighted by atomic mass is 9.71. The van der Waals surface area contributed by atoms with Crippen LogP contribution in [0.2, 0.25) is 0 Å². The van der Waals surface area contributed by atoms with Crippen LogP contribution in [0, 0.1) is 5.92 Å². The van der Waals surface area contributed by atoms with E-state index in [1.54, 1.807) is 6.33 Å². The minimum Gasteiger partial charge on any atom is -0.393 e. The molecular formula is C14H16BrN3O. The zero-order valence-electron chi connectivity index (χ0n) is 10.7. The van der Waals surface area contributed by atoms with E-state index >= 15 is 0 Å². The lowest BCUT2D eigenvalue weighted by Gasteiger charge is -2.37. The van der Waals surface area contributed by atoms with E-state index in [9.17, 15) is 5.11 Å². The van der Waals surface area contributed by atoms with Crippen LogP contribution < -0.4 is 0 Å². The molecular weight excluding hydrogens is 306 g/mol. The van der Waals surface area contributed by atoms with Crippen molar-refractivity contribution in [1.82, 2.24) is 14.8 Å². The van der Waals surface area contributed by atoms with Crippen molar-refractivity contribution >= 4 is 15.9 Å². The van der Waals surface area contributed by atoms with Gasteiger partial charge in [-0.05, 0) is 36.5 Å². The summed E-state index contributed by atoms with van der Waals surface area (Å²) in [5.41, 5.74) is 1.22. The number of aromatic nitrogens is 3. The smallest absolute Gasteiger partial charge is 0.140 e. The third-order valence-corrected chi connectivity index (χ3v) is 4.35. The second-order valence-corrected chi connectivity index (χ2v) is 6.13. The zero-order chi connectivity index (χ0) is 13.4. The van der Waals surface area contributed by atoms with Crippen molar-refractivity contribution in [2.75, 3.05) is 0 Å². The van der Waals surface area contributed by atoms with E-state index in [4.69, 9.17) is 0 Å². The van der Waals surface area contributed by atoms with Crippen LogP contribution in [-0.4, -0.2) is 26.0 Å². The summed E-state index contributed by atoms with van der Waals surface area (Å²) in [5.74, 6) is 1.61. The fraction of sp³-hybridized carbons (Fsp3) is 0.429. The van der Waals surface area contributed by atoms with Gasteiger partial charge < -0.3 is 9.67 Å². The van der Waals surface area contributed by atoms with Gasteiger partial charge in [-0.1, -0.05) is 28.1 Å². The largest absolute Gasteiger partial charge is 0.393 e. The van der Waals surface area contributed by atoms with Gasteiger partial charge in [0, 0.05) is 17.4 Å². The number of rotatable bonds is 3. The second kappa shape index (κ2) is 5.06. The van der Waals surface area contributed by atoms with Crippen LogP contribution in [0.5, 0.6) is 0 Å². The Morgan fingerprint density at radius 1 is 1.42 bits per heavy atom. The molecule has 0 saturated heterocycles. The van der Waals surface area contributed by atoms with Gasteiger partial charge in [0.25, 0.3) is 0 Å². The summed E-state index contributed by atoms with van der Waals surface area (Å²) in [5, 5.41) is 17.8. The molecule has 0 spiro atoms. The monoisotopic (exact) mass is 321 g/mol. The Bertz CT molecular complexity index is 578. The van der Waals surface area contributed by atoms with E-state index in [-0.39, 0.29) is 12.0 Å². The highest BCUT2D eigenvalue weighted by Crippen LogP contribution is 2.43. The van der Waals surface area contributed by atoms with E-state index in [2.05, 4.69) is 38.3 Å². The predicted molar refractivity (Wildman–Crippen MR) is 75.7 cm³/mol. The maximum absolute atomic E-state index is 9.58. The van der Waals surface area contributed by atoms with Gasteiger partial charge in [0.2, 0.25) is 0 Å². The molecule has 1 unspecified atom stereocenters. The Hall–Kier alpha value is -1.20. The van der Waals surface area contributed by atoms with E-state index in [1.807, 2.05) is 23.7 Å². The van der Waals surface area contributed by atoms with Gasteiger partial charge in [-0.3, -0.25) is 0 Å². The molecule has 100 valence electrons. The van der Waals surface area contributed by atoms with Crippen LogP contribution in [0.3, 0.4) is 0 Å². The standard InChI is InChI=1S/C14H16BrN3O/c1-18-8-16-17-14(18)13(10-6-12(19)7-10)9-3-2-4-11(15)5-9/h2-5,8,10,12-13,19H,6-7H2,1H3. The molecule has 1 aliphatic rings. The molecule has 1 heterocycles. The first-order valence-corrected chi connectivity index (χ1v) is 7.22. The van der Waals surface area contributed by atoms with Gasteiger partial charge in [0.05, 0.1) is 6.10 Å². The van der Waals surface area contributed by atoms with Gasteiger partial charge in [0.1, 0.15) is 12.2 Å². The minimum atomic E-state index is -0.159. The molecule has 5 heteroatoms. The zero-order valence-corrected chi connectivity index (χ0v) is 12.3. The van der Waals surface area contributed by atoms with Gasteiger partial charge in [0.15, 0.2) is 0 Å². The summed E-state index contributed by atoms with van der Waals surface area (Å²) in [4.78, 5) is 0. The summed E-state index contributed by atoms with van der Waals surface area (Å²) in [6, 6.07) is 8.31. The molecule has 0 amide bonds. The van der Waals surface area contributed by atoms with Gasteiger partial charge in [-0.25, -0.2) is 0 Å². The molecule has 1 aromatic carbocycles. The number of hydrogen-bond acceptors (Lipinski definition) is 3. The van der Waals surface area contributed by atoms with Gasteiger partial charge in [-0.2, -0.15) is 0 Å². The molecule has 1 fully saturated rings. The first kappa shape index (κ1) is 12.8. The first-order valence-electron chi connectivity index (χ1n) is 6.42. The van der Waals surface area contributed by atoms with Crippen molar-refractivity contribution in [2.24, 2.45) is 13.0 Å². The third-order valence-electron chi connectivity index (χ3n) is 3.85. The van der Waals surface area contributed by atoms with Crippen LogP contribution in [0.15, 0.2) is 35.1 Å². The topological polar surface area (TPSA) is 50.9 Å². The Balaban J connectivity index is 1.99.